The van der Waals surface area contributed by atoms with E-state index in [9.17, 15) is 0 Å². The Kier molecular flexibility index (Phi) is 14.2. The molecule has 6 heteroatoms. The number of unbranched alkanes of at least 4 members (excludes halogenated alkanes) is 3. The second-order valence-electron chi connectivity index (χ2n) is 16.2. The molecule has 10 atom stereocenters. The molecule has 0 amide bonds. The fourth-order valence-corrected chi connectivity index (χ4v) is 17.9. The van der Waals surface area contributed by atoms with Crippen molar-refractivity contribution in [2.45, 2.75) is 94.6 Å². The zero-order valence-corrected chi connectivity index (χ0v) is 37.0. The molecule has 2 saturated carbocycles. The Hall–Kier alpha value is -1.16. The van der Waals surface area contributed by atoms with E-state index >= 15 is 0 Å². The van der Waals surface area contributed by atoms with Crippen LogP contribution in [0.25, 0.3) is 0 Å². The van der Waals surface area contributed by atoms with Crippen molar-refractivity contribution in [3.8, 4) is 0 Å². The molecule has 1 aromatic rings. The van der Waals surface area contributed by atoms with E-state index in [1.54, 1.807) is 5.56 Å². The first-order valence-corrected chi connectivity index (χ1v) is 28.9. The van der Waals surface area contributed by atoms with Crippen LogP contribution in [0.2, 0.25) is 23.7 Å². The SMILES string of the molecule is Cc1ccc2c(c1)C1C(C3C=CC=CC3C1[Si](C)(CCCCCCOC(C)(C)C)C1C3C=CC=CC3C3C=CC=CC31)N2C.[CH3-].[CH3-].[Cl][Zn][Cl]. The molecule has 0 bridgehead atoms. The second-order valence-corrected chi connectivity index (χ2v) is 25.7. The van der Waals surface area contributed by atoms with Gasteiger partial charge in [0.15, 0.2) is 0 Å². The minimum absolute atomic E-state index is 0. The molecule has 2 fully saturated rings. The summed E-state index contributed by atoms with van der Waals surface area (Å²) in [5, 5.41) is 0. The van der Waals surface area contributed by atoms with E-state index in [4.69, 9.17) is 24.1 Å². The van der Waals surface area contributed by atoms with Crippen LogP contribution in [-0.2, 0) is 19.9 Å². The number of ether oxygens (including phenoxy) is 1. The van der Waals surface area contributed by atoms with E-state index < -0.39 is 23.2 Å². The summed E-state index contributed by atoms with van der Waals surface area (Å²) in [6.07, 6.45) is 35.0. The summed E-state index contributed by atoms with van der Waals surface area (Å²) in [7, 11) is 10.4. The molecule has 49 heavy (non-hydrogen) atoms. The fraction of sp³-hybridized carbons (Fsp3) is 0.535. The van der Waals surface area contributed by atoms with Gasteiger partial charge in [-0.3, -0.25) is 0 Å². The molecule has 6 aliphatic rings. The number of halogens is 2. The molecule has 0 spiro atoms. The Balaban J connectivity index is 0.00000104. The van der Waals surface area contributed by atoms with Gasteiger partial charge < -0.3 is 24.5 Å². The van der Waals surface area contributed by atoms with Gasteiger partial charge in [0.2, 0.25) is 0 Å². The third-order valence-electron chi connectivity index (χ3n) is 12.5. The number of rotatable bonds is 9. The summed E-state index contributed by atoms with van der Waals surface area (Å²) in [5.41, 5.74) is 6.05. The minimum atomic E-state index is -1.92. The molecule has 10 unspecified atom stereocenters. The number of hydrogen-bond acceptors (Lipinski definition) is 2. The molecule has 0 radical (unpaired) electrons. The zero-order valence-electron chi connectivity index (χ0n) is 31.5. The fourth-order valence-electron chi connectivity index (χ4n) is 11.0. The predicted molar refractivity (Wildman–Crippen MR) is 215 cm³/mol. The number of allylic oxidation sites excluding steroid dienone is 11. The summed E-state index contributed by atoms with van der Waals surface area (Å²) >= 11 is -0.931. The number of aryl methyl sites for hydroxylation is 1. The van der Waals surface area contributed by atoms with Gasteiger partial charge in [-0.25, -0.2) is 0 Å². The molecular weight excluding hydrogens is 711 g/mol. The van der Waals surface area contributed by atoms with E-state index in [1.165, 1.54) is 43.0 Å². The topological polar surface area (TPSA) is 12.5 Å². The Morgan fingerprint density at radius 2 is 1.22 bits per heavy atom. The van der Waals surface area contributed by atoms with Crippen molar-refractivity contribution in [1.82, 2.24) is 0 Å². The van der Waals surface area contributed by atoms with Gasteiger partial charge in [0.05, 0.1) is 13.7 Å². The van der Waals surface area contributed by atoms with Crippen LogP contribution in [0.15, 0.2) is 91.1 Å². The van der Waals surface area contributed by atoms with Crippen LogP contribution in [0.5, 0.6) is 0 Å². The molecule has 1 aromatic carbocycles. The van der Waals surface area contributed by atoms with E-state index in [2.05, 4.69) is 137 Å². The summed E-state index contributed by atoms with van der Waals surface area (Å²) in [6, 6.07) is 9.36. The van der Waals surface area contributed by atoms with Gasteiger partial charge in [-0.15, -0.1) is 0 Å². The number of fused-ring (bicyclic) bond motifs is 8. The van der Waals surface area contributed by atoms with Crippen molar-refractivity contribution < 1.29 is 19.9 Å². The van der Waals surface area contributed by atoms with Crippen LogP contribution in [-0.4, -0.2) is 33.4 Å². The van der Waals surface area contributed by atoms with Crippen molar-refractivity contribution in [3.05, 3.63) is 117 Å². The summed E-state index contributed by atoms with van der Waals surface area (Å²) in [6.45, 7) is 12.6. The molecule has 5 aliphatic carbocycles. The van der Waals surface area contributed by atoms with E-state index in [0.717, 1.165) is 17.7 Å². The quantitative estimate of drug-likeness (QED) is 0.141. The van der Waals surface area contributed by atoms with Gasteiger partial charge in [-0.1, -0.05) is 122 Å². The van der Waals surface area contributed by atoms with Crippen molar-refractivity contribution in [2.24, 2.45) is 35.5 Å². The molecule has 1 aliphatic heterocycles. The van der Waals surface area contributed by atoms with Gasteiger partial charge in [0.1, 0.15) is 0 Å². The Morgan fingerprint density at radius 1 is 0.735 bits per heavy atom. The van der Waals surface area contributed by atoms with E-state index in [1.807, 2.05) is 0 Å². The average Bonchev–Trinajstić information content (AvgIpc) is 3.67. The first-order valence-electron chi connectivity index (χ1n) is 18.2. The van der Waals surface area contributed by atoms with Crippen molar-refractivity contribution >= 4 is 33.1 Å². The third-order valence-corrected chi connectivity index (χ3v) is 18.5. The Morgan fingerprint density at radius 3 is 1.78 bits per heavy atom. The monoisotopic (exact) mass is 769 g/mol. The first-order chi connectivity index (χ1) is 22.6. The first kappa shape index (κ1) is 40.6. The van der Waals surface area contributed by atoms with Gasteiger partial charge in [0, 0.05) is 37.2 Å². The Bertz CT molecular complexity index is 1410. The van der Waals surface area contributed by atoms with Crippen molar-refractivity contribution in [3.63, 3.8) is 0 Å². The van der Waals surface area contributed by atoms with Crippen molar-refractivity contribution in [2.75, 3.05) is 18.6 Å². The number of hydrogen-bond donors (Lipinski definition) is 0. The van der Waals surface area contributed by atoms with E-state index in [0.29, 0.717) is 47.5 Å². The molecule has 7 rings (SSSR count). The maximum absolute atomic E-state index is 6.08. The van der Waals surface area contributed by atoms with Gasteiger partial charge in [0.25, 0.3) is 0 Å². The molecule has 2 nitrogen and oxygen atoms in total. The van der Waals surface area contributed by atoms with Crippen LogP contribution in [0.4, 0.5) is 5.69 Å². The average molecular weight is 772 g/mol. The van der Waals surface area contributed by atoms with Gasteiger partial charge in [-0.05, 0) is 86.4 Å². The van der Waals surface area contributed by atoms with Crippen molar-refractivity contribution in [1.29, 1.82) is 0 Å². The van der Waals surface area contributed by atoms with Crippen LogP contribution in [0, 0.1) is 57.3 Å². The third kappa shape index (κ3) is 7.95. The molecule has 1 heterocycles. The summed E-state index contributed by atoms with van der Waals surface area (Å²) in [4.78, 5) is 2.69. The van der Waals surface area contributed by atoms with Crippen LogP contribution in [0.3, 0.4) is 0 Å². The second kappa shape index (κ2) is 17.1. The number of likely N-dealkylation sites (N-methyl/N-ethyl adjacent to an activating group) is 1. The van der Waals surface area contributed by atoms with Crippen LogP contribution < -0.4 is 4.90 Å². The molecule has 266 valence electrons. The van der Waals surface area contributed by atoms with Crippen LogP contribution in [0.1, 0.15) is 63.5 Å². The van der Waals surface area contributed by atoms with Crippen LogP contribution >= 0.6 is 19.4 Å². The van der Waals surface area contributed by atoms with E-state index in [-0.39, 0.29) is 20.5 Å². The molecule has 0 N–H and O–H groups in total. The molecule has 0 saturated heterocycles. The Labute approximate surface area is 316 Å². The van der Waals surface area contributed by atoms with Gasteiger partial charge in [-0.2, -0.15) is 0 Å². The number of benzene rings is 1. The number of anilines is 1. The standard InChI is InChI=1S/C41H55NOSi.2CH3.2ClH.Zn/c1-28-23-24-36-35(27-28)37-38(42(36)5)31-19-11-14-22-34(31)40(37)44(6,26-16-8-7-15-25-43-41(2,3)4)39-32-20-12-9-17-29(32)30-18-10-13-21-33(30)39;;;;;/h9-14,17-24,27,29-34,37-40H,7-8,15-16,25-26H2,1-6H3;2*1H3;2*1H;/q;2*-1;;;+2/p-2. The van der Waals surface area contributed by atoms with Gasteiger partial charge >= 0.3 is 34.5 Å². The zero-order chi connectivity index (χ0) is 33.3. The molecular formula is C43H61Cl2NOSiZn-2. The maximum atomic E-state index is 6.08. The normalized spacial score (nSPS) is 33.5. The summed E-state index contributed by atoms with van der Waals surface area (Å²) < 4.78 is 6.08. The summed E-state index contributed by atoms with van der Waals surface area (Å²) in [5.74, 6) is 4.49. The predicted octanol–water partition coefficient (Wildman–Crippen LogP) is 12.5. The molecule has 0 aromatic heterocycles. The number of nitrogens with zero attached hydrogens (tertiary/aromatic N) is 1.